The number of likely N-dealkylation sites (tertiary alicyclic amines) is 1. The molecule has 2 amide bonds. The number of ketones is 1. The van der Waals surface area contributed by atoms with E-state index in [2.05, 4.69) is 0 Å². The highest BCUT2D eigenvalue weighted by Crippen LogP contribution is 2.22. The van der Waals surface area contributed by atoms with Crippen LogP contribution in [-0.2, 0) is 9.59 Å². The number of hydrogen-bond donors (Lipinski definition) is 0. The van der Waals surface area contributed by atoms with Gasteiger partial charge in [-0.25, -0.2) is 0 Å². The van der Waals surface area contributed by atoms with Crippen molar-refractivity contribution in [1.82, 2.24) is 14.7 Å². The molecule has 166 valence electrons. The highest BCUT2D eigenvalue weighted by Gasteiger charge is 2.27. The van der Waals surface area contributed by atoms with Gasteiger partial charge in [0, 0.05) is 64.0 Å². The predicted octanol–water partition coefficient (Wildman–Crippen LogP) is 2.31. The summed E-state index contributed by atoms with van der Waals surface area (Å²) in [6.07, 6.45) is 1.77. The van der Waals surface area contributed by atoms with Gasteiger partial charge in [-0.3, -0.25) is 9.59 Å². The molecular weight excluding hydrogens is 382 g/mol. The Kier molecular flexibility index (Phi) is 8.84. The van der Waals surface area contributed by atoms with Crippen molar-refractivity contribution >= 4 is 17.6 Å². The van der Waals surface area contributed by atoms with Crippen molar-refractivity contribution in [3.8, 4) is 5.75 Å². The summed E-state index contributed by atoms with van der Waals surface area (Å²) in [6.45, 7) is 6.04. The molecular formula is C23H35N3O4. The second-order valence-electron chi connectivity index (χ2n) is 8.51. The standard InChI is InChI=1S/C23H35N3O4/c1-17(15-18(2)27)22(28)26-11-9-20(10-12-26)30-21-8-6-7-19(16-21)23(29)25(5)14-13-24(3)4/h6-8,16-17,20H,9-15H2,1-5H3. The third-order valence-electron chi connectivity index (χ3n) is 5.38. The molecule has 1 heterocycles. The number of carbonyl (C=O) groups is 3. The van der Waals surface area contributed by atoms with E-state index < -0.39 is 0 Å². The van der Waals surface area contributed by atoms with E-state index in [-0.39, 0.29) is 29.6 Å². The molecule has 7 heteroatoms. The van der Waals surface area contributed by atoms with E-state index in [0.29, 0.717) is 37.4 Å². The summed E-state index contributed by atoms with van der Waals surface area (Å²) in [5.41, 5.74) is 0.611. The normalized spacial score (nSPS) is 15.7. The number of benzene rings is 1. The molecule has 0 radical (unpaired) electrons. The fourth-order valence-electron chi connectivity index (χ4n) is 3.59. The first-order chi connectivity index (χ1) is 14.2. The average molecular weight is 418 g/mol. The molecule has 1 unspecified atom stereocenters. The molecule has 2 rings (SSSR count). The number of carbonyl (C=O) groups excluding carboxylic acids is 3. The summed E-state index contributed by atoms with van der Waals surface area (Å²) in [6, 6.07) is 7.30. The maximum Gasteiger partial charge on any atom is 0.253 e. The molecule has 1 aromatic rings. The van der Waals surface area contributed by atoms with E-state index in [9.17, 15) is 14.4 Å². The van der Waals surface area contributed by atoms with Gasteiger partial charge in [0.2, 0.25) is 5.91 Å². The van der Waals surface area contributed by atoms with Crippen molar-refractivity contribution in [1.29, 1.82) is 0 Å². The fraction of sp³-hybridized carbons (Fsp3) is 0.609. The lowest BCUT2D eigenvalue weighted by molar-refractivity contribution is -0.138. The molecule has 0 bridgehead atoms. The molecule has 30 heavy (non-hydrogen) atoms. The van der Waals surface area contributed by atoms with Crippen molar-refractivity contribution in [2.75, 3.05) is 47.3 Å². The summed E-state index contributed by atoms with van der Waals surface area (Å²) in [5, 5.41) is 0. The van der Waals surface area contributed by atoms with Crippen LogP contribution in [0.5, 0.6) is 5.75 Å². The van der Waals surface area contributed by atoms with Gasteiger partial charge in [0.15, 0.2) is 0 Å². The SMILES string of the molecule is CC(=O)CC(C)C(=O)N1CCC(Oc2cccc(C(=O)N(C)CCN(C)C)c2)CC1. The van der Waals surface area contributed by atoms with Crippen molar-refractivity contribution in [3.63, 3.8) is 0 Å². The molecule has 0 spiro atoms. The molecule has 1 fully saturated rings. The lowest BCUT2D eigenvalue weighted by Gasteiger charge is -2.33. The van der Waals surface area contributed by atoms with E-state index in [1.165, 1.54) is 6.92 Å². The molecule has 1 aromatic carbocycles. The van der Waals surface area contributed by atoms with Crippen LogP contribution in [0.3, 0.4) is 0 Å². The number of hydrogen-bond acceptors (Lipinski definition) is 5. The van der Waals surface area contributed by atoms with Crippen LogP contribution in [0.25, 0.3) is 0 Å². The maximum atomic E-state index is 12.6. The van der Waals surface area contributed by atoms with Crippen LogP contribution in [0.1, 0.15) is 43.5 Å². The Morgan fingerprint density at radius 2 is 1.80 bits per heavy atom. The lowest BCUT2D eigenvalue weighted by atomic mass is 10.0. The van der Waals surface area contributed by atoms with Crippen LogP contribution in [0.4, 0.5) is 0 Å². The zero-order valence-electron chi connectivity index (χ0n) is 18.9. The Hall–Kier alpha value is -2.41. The molecule has 0 aliphatic carbocycles. The maximum absolute atomic E-state index is 12.6. The number of nitrogens with zero attached hydrogens (tertiary/aromatic N) is 3. The van der Waals surface area contributed by atoms with E-state index >= 15 is 0 Å². The molecule has 1 aliphatic heterocycles. The van der Waals surface area contributed by atoms with Gasteiger partial charge < -0.3 is 24.2 Å². The van der Waals surface area contributed by atoms with Crippen LogP contribution in [0.15, 0.2) is 24.3 Å². The molecule has 0 saturated carbocycles. The zero-order chi connectivity index (χ0) is 22.3. The van der Waals surface area contributed by atoms with Crippen molar-refractivity contribution in [2.45, 2.75) is 39.2 Å². The van der Waals surface area contributed by atoms with Crippen LogP contribution < -0.4 is 4.74 Å². The summed E-state index contributed by atoms with van der Waals surface area (Å²) in [4.78, 5) is 42.0. The van der Waals surface area contributed by atoms with Gasteiger partial charge in [-0.1, -0.05) is 13.0 Å². The monoisotopic (exact) mass is 417 g/mol. The van der Waals surface area contributed by atoms with Gasteiger partial charge in [0.25, 0.3) is 5.91 Å². The van der Waals surface area contributed by atoms with Crippen molar-refractivity contribution in [3.05, 3.63) is 29.8 Å². The van der Waals surface area contributed by atoms with Crippen LogP contribution in [-0.4, -0.2) is 85.7 Å². The van der Waals surface area contributed by atoms with Crippen LogP contribution in [0.2, 0.25) is 0 Å². The Bertz CT molecular complexity index is 742. The minimum absolute atomic E-state index is 0.00832. The molecule has 1 aliphatic rings. The minimum atomic E-state index is -0.271. The number of amides is 2. The largest absolute Gasteiger partial charge is 0.490 e. The molecule has 0 N–H and O–H groups in total. The smallest absolute Gasteiger partial charge is 0.253 e. The van der Waals surface area contributed by atoms with Crippen LogP contribution in [0, 0.1) is 5.92 Å². The van der Waals surface area contributed by atoms with Gasteiger partial charge in [-0.2, -0.15) is 0 Å². The van der Waals surface area contributed by atoms with Gasteiger partial charge in [-0.15, -0.1) is 0 Å². The summed E-state index contributed by atoms with van der Waals surface area (Å²) >= 11 is 0. The summed E-state index contributed by atoms with van der Waals surface area (Å²) < 4.78 is 6.11. The van der Waals surface area contributed by atoms with Gasteiger partial charge >= 0.3 is 0 Å². The first-order valence-corrected chi connectivity index (χ1v) is 10.6. The minimum Gasteiger partial charge on any atom is -0.490 e. The number of rotatable bonds is 9. The first-order valence-electron chi connectivity index (χ1n) is 10.6. The number of likely N-dealkylation sites (N-methyl/N-ethyl adjacent to an activating group) is 2. The van der Waals surface area contributed by atoms with E-state index in [1.54, 1.807) is 24.1 Å². The first kappa shape index (κ1) is 23.9. The highest BCUT2D eigenvalue weighted by atomic mass is 16.5. The molecule has 1 atom stereocenters. The number of piperidine rings is 1. The molecule has 0 aromatic heterocycles. The quantitative estimate of drug-likeness (QED) is 0.617. The summed E-state index contributed by atoms with van der Waals surface area (Å²) in [7, 11) is 5.77. The van der Waals surface area contributed by atoms with E-state index in [1.807, 2.05) is 43.0 Å². The third kappa shape index (κ3) is 7.13. The fourth-order valence-corrected chi connectivity index (χ4v) is 3.59. The second-order valence-corrected chi connectivity index (χ2v) is 8.51. The van der Waals surface area contributed by atoms with E-state index in [4.69, 9.17) is 4.74 Å². The number of ether oxygens (including phenoxy) is 1. The number of Topliss-reactive ketones (excluding diaryl/α,β-unsaturated/α-hetero) is 1. The predicted molar refractivity (Wildman–Crippen MR) is 117 cm³/mol. The van der Waals surface area contributed by atoms with Crippen molar-refractivity contribution in [2.24, 2.45) is 5.92 Å². The Morgan fingerprint density at radius 1 is 1.13 bits per heavy atom. The topological polar surface area (TPSA) is 70.2 Å². The Labute approximate surface area is 180 Å². The highest BCUT2D eigenvalue weighted by molar-refractivity contribution is 5.94. The van der Waals surface area contributed by atoms with Gasteiger partial charge in [0.05, 0.1) is 0 Å². The van der Waals surface area contributed by atoms with Crippen LogP contribution >= 0.6 is 0 Å². The molecule has 1 saturated heterocycles. The molecule has 7 nitrogen and oxygen atoms in total. The zero-order valence-corrected chi connectivity index (χ0v) is 18.9. The Morgan fingerprint density at radius 3 is 2.40 bits per heavy atom. The summed E-state index contributed by atoms with van der Waals surface area (Å²) in [5.74, 6) is 0.457. The Balaban J connectivity index is 1.88. The van der Waals surface area contributed by atoms with E-state index in [0.717, 1.165) is 19.4 Å². The van der Waals surface area contributed by atoms with Gasteiger partial charge in [-0.05, 0) is 39.2 Å². The second kappa shape index (κ2) is 11.1. The third-order valence-corrected chi connectivity index (χ3v) is 5.38. The average Bonchev–Trinajstić information content (AvgIpc) is 2.71. The van der Waals surface area contributed by atoms with Gasteiger partial charge in [0.1, 0.15) is 17.6 Å². The lowest BCUT2D eigenvalue weighted by Crippen LogP contribution is -2.44. The van der Waals surface area contributed by atoms with Crippen molar-refractivity contribution < 1.29 is 19.1 Å².